The number of aliphatic hydroxyl groups is 3. The molecule has 228 valence electrons. The molecule has 41 heavy (non-hydrogen) atoms. The summed E-state index contributed by atoms with van der Waals surface area (Å²) in [5.74, 6) is 0.0575. The van der Waals surface area contributed by atoms with Crippen molar-refractivity contribution in [2.24, 2.45) is 5.41 Å². The van der Waals surface area contributed by atoms with E-state index in [2.05, 4.69) is 5.09 Å². The molecule has 1 aliphatic heterocycles. The number of aliphatic hydroxyl groups excluding tert-OH is 2. The first-order valence-corrected chi connectivity index (χ1v) is 15.1. The Bertz CT molecular complexity index is 1350. The van der Waals surface area contributed by atoms with Crippen molar-refractivity contribution in [3.05, 3.63) is 69.0 Å². The van der Waals surface area contributed by atoms with Gasteiger partial charge in [0.1, 0.15) is 18.4 Å². The number of carbonyl (C=O) groups excluding carboxylic acids is 1. The van der Waals surface area contributed by atoms with Gasteiger partial charge >= 0.3 is 13.4 Å². The van der Waals surface area contributed by atoms with E-state index in [1.165, 1.54) is 0 Å². The van der Waals surface area contributed by atoms with Crippen LogP contribution in [0, 0.1) is 5.41 Å². The van der Waals surface area contributed by atoms with Gasteiger partial charge in [-0.25, -0.2) is 18.8 Å². The van der Waals surface area contributed by atoms with Crippen LogP contribution in [0.5, 0.6) is 0 Å². The highest BCUT2D eigenvalue weighted by Gasteiger charge is 2.62. The van der Waals surface area contributed by atoms with Crippen molar-refractivity contribution in [1.29, 1.82) is 0 Å². The first-order valence-electron chi connectivity index (χ1n) is 12.6. The van der Waals surface area contributed by atoms with Crippen molar-refractivity contribution in [1.82, 2.24) is 14.6 Å². The molecule has 5 atom stereocenters. The number of nitrogens with zero attached hydrogens (tertiary/aromatic N) is 1. The lowest BCUT2D eigenvalue weighted by atomic mass is 9.88. The molecule has 2 heterocycles. The summed E-state index contributed by atoms with van der Waals surface area (Å²) in [6, 6.07) is 9.79. The number of alkyl halides is 1. The molecular formula is C25H35FN3O10PS. The van der Waals surface area contributed by atoms with E-state index in [0.29, 0.717) is 5.56 Å². The number of benzene rings is 1. The van der Waals surface area contributed by atoms with Gasteiger partial charge in [-0.05, 0) is 26.3 Å². The first-order chi connectivity index (χ1) is 19.2. The number of hydrogen-bond donors (Lipinski definition) is 5. The average molecular weight is 620 g/mol. The third-order valence-corrected chi connectivity index (χ3v) is 9.27. The van der Waals surface area contributed by atoms with E-state index < -0.39 is 61.2 Å². The Hall–Kier alpha value is -2.20. The van der Waals surface area contributed by atoms with Crippen molar-refractivity contribution in [3.8, 4) is 0 Å². The maximum absolute atomic E-state index is 14.5. The van der Waals surface area contributed by atoms with E-state index in [1.807, 2.05) is 4.98 Å². The van der Waals surface area contributed by atoms with E-state index in [0.717, 1.165) is 35.5 Å². The number of thioether (sulfide) groups is 1. The molecule has 13 nitrogen and oxygen atoms in total. The second kappa shape index (κ2) is 13.4. The van der Waals surface area contributed by atoms with Gasteiger partial charge in [-0.1, -0.05) is 42.1 Å². The minimum atomic E-state index is -4.26. The summed E-state index contributed by atoms with van der Waals surface area (Å²) in [6.45, 7) is 1.39. The summed E-state index contributed by atoms with van der Waals surface area (Å²) in [5, 5.41) is 33.7. The average Bonchev–Trinajstić information content (AvgIpc) is 3.14. The zero-order chi connectivity index (χ0) is 30.5. The topological polar surface area (TPSA) is 189 Å². The fourth-order valence-electron chi connectivity index (χ4n) is 3.94. The zero-order valence-electron chi connectivity index (χ0n) is 22.8. The quantitative estimate of drug-likeness (QED) is 0.150. The summed E-state index contributed by atoms with van der Waals surface area (Å²) in [6.07, 6.45) is -2.59. The van der Waals surface area contributed by atoms with E-state index in [4.69, 9.17) is 13.8 Å². The normalized spacial score (nSPS) is 26.1. The number of carbonyl (C=O) groups is 1. The minimum Gasteiger partial charge on any atom is -0.395 e. The maximum Gasteiger partial charge on any atom is 0.405 e. The van der Waals surface area contributed by atoms with Gasteiger partial charge in [-0.15, -0.1) is 0 Å². The number of ether oxygens (including phenoxy) is 1. The van der Waals surface area contributed by atoms with Crippen LogP contribution in [0.2, 0.25) is 0 Å². The van der Waals surface area contributed by atoms with Crippen LogP contribution >= 0.6 is 19.5 Å². The Morgan fingerprint density at radius 3 is 2.56 bits per heavy atom. The highest BCUT2D eigenvalue weighted by atomic mass is 32.2. The van der Waals surface area contributed by atoms with Crippen LogP contribution in [0.15, 0.2) is 52.2 Å². The number of hydrogen-bond acceptors (Lipinski definition) is 11. The second-order valence-corrected chi connectivity index (χ2v) is 13.3. The van der Waals surface area contributed by atoms with Crippen LogP contribution < -0.4 is 16.3 Å². The van der Waals surface area contributed by atoms with Gasteiger partial charge < -0.3 is 20.1 Å². The summed E-state index contributed by atoms with van der Waals surface area (Å²) in [5.41, 5.74) is -6.48. The molecule has 16 heteroatoms. The lowest BCUT2D eigenvalue weighted by Crippen LogP contribution is -2.53. The molecule has 0 radical (unpaired) electrons. The summed E-state index contributed by atoms with van der Waals surface area (Å²) < 4.78 is 45.7. The van der Waals surface area contributed by atoms with Crippen LogP contribution in [-0.4, -0.2) is 79.5 Å². The number of nitrogens with one attached hydrogen (secondary N) is 2. The Kier molecular flexibility index (Phi) is 10.9. The summed E-state index contributed by atoms with van der Waals surface area (Å²) >= 11 is 0.867. The third kappa shape index (κ3) is 7.80. The molecule has 2 unspecified atom stereocenters. The molecule has 2 aromatic rings. The van der Waals surface area contributed by atoms with Crippen molar-refractivity contribution >= 4 is 24.6 Å². The second-order valence-electron chi connectivity index (χ2n) is 10.4. The smallest absolute Gasteiger partial charge is 0.395 e. The van der Waals surface area contributed by atoms with Crippen LogP contribution in [-0.2, 0) is 29.7 Å². The third-order valence-electron chi connectivity index (χ3n) is 6.55. The molecule has 3 rings (SSSR count). The van der Waals surface area contributed by atoms with E-state index >= 15 is 0 Å². The molecule has 1 fully saturated rings. The first kappa shape index (κ1) is 33.3. The molecule has 1 aromatic heterocycles. The monoisotopic (exact) mass is 619 g/mol. The van der Waals surface area contributed by atoms with E-state index in [1.54, 1.807) is 44.2 Å². The van der Waals surface area contributed by atoms with Gasteiger partial charge in [0.05, 0.1) is 25.2 Å². The number of rotatable bonds is 14. The molecule has 0 spiro atoms. The Balaban J connectivity index is 1.78. The maximum atomic E-state index is 14.5. The molecule has 0 saturated carbocycles. The summed E-state index contributed by atoms with van der Waals surface area (Å²) in [4.78, 5) is 38.1. The molecule has 1 saturated heterocycles. The minimum absolute atomic E-state index is 0.0148. The molecule has 0 aliphatic carbocycles. The Morgan fingerprint density at radius 1 is 1.27 bits per heavy atom. The van der Waals surface area contributed by atoms with Crippen LogP contribution in [0.25, 0.3) is 0 Å². The molecule has 0 bridgehead atoms. The van der Waals surface area contributed by atoms with Gasteiger partial charge in [0.25, 0.3) is 5.56 Å². The van der Waals surface area contributed by atoms with Crippen LogP contribution in [0.4, 0.5) is 4.39 Å². The summed E-state index contributed by atoms with van der Waals surface area (Å²) in [7, 11) is -4.26. The van der Waals surface area contributed by atoms with Crippen LogP contribution in [0.1, 0.15) is 32.6 Å². The molecular weight excluding hydrogens is 584 g/mol. The lowest BCUT2D eigenvalue weighted by Gasteiger charge is -2.32. The fourth-order valence-corrected chi connectivity index (χ4v) is 6.22. The molecule has 1 aliphatic rings. The number of aromatic nitrogens is 2. The number of halogens is 1. The van der Waals surface area contributed by atoms with Gasteiger partial charge in [0, 0.05) is 24.6 Å². The van der Waals surface area contributed by atoms with E-state index in [9.17, 15) is 38.7 Å². The molecule has 5 N–H and O–H groups in total. The zero-order valence-corrected chi connectivity index (χ0v) is 24.5. The predicted octanol–water partition coefficient (Wildman–Crippen LogP) is 1.09. The van der Waals surface area contributed by atoms with Crippen LogP contribution in [0.3, 0.4) is 0 Å². The van der Waals surface area contributed by atoms with Gasteiger partial charge in [0.15, 0.2) is 16.9 Å². The Morgan fingerprint density at radius 2 is 1.95 bits per heavy atom. The highest BCUT2D eigenvalue weighted by Crippen LogP contribution is 2.49. The molecule has 0 amide bonds. The van der Waals surface area contributed by atoms with Gasteiger partial charge in [-0.3, -0.25) is 28.2 Å². The lowest BCUT2D eigenvalue weighted by molar-refractivity contribution is -0.137. The van der Waals surface area contributed by atoms with Crippen molar-refractivity contribution in [2.45, 2.75) is 50.8 Å². The number of H-pyrrole nitrogens is 1. The fraction of sp³-hybridized carbons (Fsp3) is 0.560. The van der Waals surface area contributed by atoms with Crippen molar-refractivity contribution in [3.63, 3.8) is 0 Å². The van der Waals surface area contributed by atoms with E-state index in [-0.39, 0.29) is 30.6 Å². The van der Waals surface area contributed by atoms with Gasteiger partial charge in [-0.2, -0.15) is 0 Å². The Labute approximate surface area is 239 Å². The van der Waals surface area contributed by atoms with Gasteiger partial charge in [0.2, 0.25) is 0 Å². The predicted molar refractivity (Wildman–Crippen MR) is 148 cm³/mol. The van der Waals surface area contributed by atoms with Crippen molar-refractivity contribution < 1.29 is 42.9 Å². The largest absolute Gasteiger partial charge is 0.405 e. The molecule has 1 aromatic carbocycles. The standard InChI is InChI=1S/C25H35FN3O10PS/c1-23(2,15-30)21(33)41-12-11-37-40(36,27-13-17-7-5-4-6-8-17)38-16-25(14-26)19(32)24(3,35)20(39-25)29-10-9-18(31)28-22(29)34/h4-10,19-20,30,32,35H,11-16H2,1-3H3,(H,27,36)(H,28,31,34)/t19?,20-,24-,25-,40?/m1/s1. The SMILES string of the molecule is CC(C)(CO)C(=O)SCCOP(=O)(NCc1ccccc1)OC[C@@]1(CF)O[C@@H](n2ccc(=O)[nH]c2=O)[C@](C)(O)C1O. The number of aromatic amines is 1. The van der Waals surface area contributed by atoms with Crippen molar-refractivity contribution in [2.75, 3.05) is 32.2 Å². The highest BCUT2D eigenvalue weighted by molar-refractivity contribution is 8.13.